The lowest BCUT2D eigenvalue weighted by Gasteiger charge is -2.09. The van der Waals surface area contributed by atoms with Gasteiger partial charge in [0.25, 0.3) is 0 Å². The molecule has 0 unspecified atom stereocenters. The molecular weight excluding hydrogens is 330 g/mol. The Bertz CT molecular complexity index is 586. The summed E-state index contributed by atoms with van der Waals surface area (Å²) in [5.74, 6) is -0.543. The Balaban J connectivity index is 2.19. The molecule has 1 aromatic carbocycles. The number of halogens is 3. The van der Waals surface area contributed by atoms with E-state index in [-0.39, 0.29) is 16.6 Å². The molecule has 2 aromatic rings. The van der Waals surface area contributed by atoms with Gasteiger partial charge in [-0.3, -0.25) is 0 Å². The maximum Gasteiger partial charge on any atom is 0.145 e. The molecule has 0 radical (unpaired) electrons. The van der Waals surface area contributed by atoms with Gasteiger partial charge >= 0.3 is 0 Å². The van der Waals surface area contributed by atoms with Crippen LogP contribution < -0.4 is 5.32 Å². The van der Waals surface area contributed by atoms with E-state index in [4.69, 9.17) is 0 Å². The Morgan fingerprint density at radius 3 is 2.90 bits per heavy atom. The summed E-state index contributed by atoms with van der Waals surface area (Å²) < 4.78 is 29.4. The highest BCUT2D eigenvalue weighted by atomic mass is 79.9. The quantitative estimate of drug-likeness (QED) is 0.647. The van der Waals surface area contributed by atoms with Crippen molar-refractivity contribution in [3.8, 4) is 0 Å². The topological polar surface area (TPSA) is 42.7 Å². The van der Waals surface area contributed by atoms with Crippen molar-refractivity contribution in [1.29, 1.82) is 0 Å². The molecule has 0 saturated heterocycles. The average Bonchev–Trinajstić information content (AvgIpc) is 2.87. The van der Waals surface area contributed by atoms with Gasteiger partial charge in [-0.2, -0.15) is 5.10 Å². The third-order valence-electron chi connectivity index (χ3n) is 2.85. The maximum absolute atomic E-state index is 13.9. The van der Waals surface area contributed by atoms with Gasteiger partial charge < -0.3 is 5.32 Å². The number of benzene rings is 1. The van der Waals surface area contributed by atoms with Crippen molar-refractivity contribution in [2.45, 2.75) is 26.4 Å². The van der Waals surface area contributed by atoms with E-state index in [1.165, 1.54) is 23.1 Å². The molecule has 0 saturated carbocycles. The molecule has 0 amide bonds. The maximum atomic E-state index is 13.9. The smallest absolute Gasteiger partial charge is 0.145 e. The number of rotatable bonds is 6. The molecule has 2 rings (SSSR count). The van der Waals surface area contributed by atoms with Crippen LogP contribution in [0.25, 0.3) is 0 Å². The van der Waals surface area contributed by atoms with Gasteiger partial charge in [-0.1, -0.05) is 6.92 Å². The van der Waals surface area contributed by atoms with Crippen molar-refractivity contribution in [2.24, 2.45) is 0 Å². The third-order valence-corrected chi connectivity index (χ3v) is 3.46. The van der Waals surface area contributed by atoms with Crippen LogP contribution in [0.4, 0.5) is 8.78 Å². The van der Waals surface area contributed by atoms with Crippen molar-refractivity contribution < 1.29 is 8.78 Å². The number of nitrogens with one attached hydrogen (secondary N) is 1. The fraction of sp³-hybridized carbons (Fsp3) is 0.385. The predicted octanol–water partition coefficient (Wildman–Crippen LogP) is 2.87. The summed E-state index contributed by atoms with van der Waals surface area (Å²) in [6, 6.07) is 2.58. The first-order chi connectivity index (χ1) is 9.63. The molecule has 1 heterocycles. The molecule has 0 spiro atoms. The zero-order valence-electron chi connectivity index (χ0n) is 11.0. The van der Waals surface area contributed by atoms with E-state index in [2.05, 4.69) is 38.3 Å². The van der Waals surface area contributed by atoms with Crippen LogP contribution >= 0.6 is 15.9 Å². The second-order valence-electron chi connectivity index (χ2n) is 4.33. The van der Waals surface area contributed by atoms with Crippen LogP contribution in [0.3, 0.4) is 0 Å². The molecule has 7 heteroatoms. The average molecular weight is 345 g/mol. The number of hydrogen-bond acceptors (Lipinski definition) is 3. The van der Waals surface area contributed by atoms with Crippen LogP contribution in [0, 0.1) is 11.6 Å². The molecule has 0 aliphatic rings. The molecule has 0 atom stereocenters. The molecule has 0 aliphatic heterocycles. The van der Waals surface area contributed by atoms with E-state index in [1.807, 2.05) is 0 Å². The van der Waals surface area contributed by atoms with Crippen LogP contribution in [0.2, 0.25) is 0 Å². The predicted molar refractivity (Wildman–Crippen MR) is 75.2 cm³/mol. The van der Waals surface area contributed by atoms with Crippen molar-refractivity contribution in [1.82, 2.24) is 20.1 Å². The Labute approximate surface area is 124 Å². The molecule has 0 aliphatic carbocycles. The molecule has 1 aromatic heterocycles. The second kappa shape index (κ2) is 6.90. The zero-order valence-corrected chi connectivity index (χ0v) is 12.6. The lowest BCUT2D eigenvalue weighted by molar-refractivity contribution is 0.515. The number of hydrogen-bond donors (Lipinski definition) is 1. The van der Waals surface area contributed by atoms with Gasteiger partial charge in [0.1, 0.15) is 23.8 Å². The summed E-state index contributed by atoms with van der Waals surface area (Å²) in [6.45, 7) is 3.45. The summed E-state index contributed by atoms with van der Waals surface area (Å²) in [7, 11) is 0. The summed E-state index contributed by atoms with van der Waals surface area (Å²) >= 11 is 3.05. The zero-order chi connectivity index (χ0) is 14.5. The first-order valence-electron chi connectivity index (χ1n) is 6.33. The number of nitrogens with zero attached hydrogens (tertiary/aromatic N) is 3. The highest BCUT2D eigenvalue weighted by molar-refractivity contribution is 9.10. The Morgan fingerprint density at radius 2 is 2.15 bits per heavy atom. The van der Waals surface area contributed by atoms with E-state index < -0.39 is 11.6 Å². The number of aromatic nitrogens is 3. The van der Waals surface area contributed by atoms with Gasteiger partial charge in [0.05, 0.1) is 17.6 Å². The summed E-state index contributed by atoms with van der Waals surface area (Å²) in [5, 5.41) is 7.20. The Morgan fingerprint density at radius 1 is 1.35 bits per heavy atom. The molecular formula is C13H15BrF2N4. The van der Waals surface area contributed by atoms with Gasteiger partial charge in [-0.15, -0.1) is 0 Å². The lowest BCUT2D eigenvalue weighted by Crippen LogP contribution is -2.19. The fourth-order valence-corrected chi connectivity index (χ4v) is 2.17. The van der Waals surface area contributed by atoms with Crippen molar-refractivity contribution in [3.05, 3.63) is 46.0 Å². The van der Waals surface area contributed by atoms with E-state index in [0.717, 1.165) is 13.0 Å². The largest absolute Gasteiger partial charge is 0.310 e. The summed E-state index contributed by atoms with van der Waals surface area (Å²) in [5.41, 5.74) is -0.0263. The highest BCUT2D eigenvalue weighted by Crippen LogP contribution is 2.22. The summed E-state index contributed by atoms with van der Waals surface area (Å²) in [4.78, 5) is 4.10. The molecule has 0 bridgehead atoms. The Hall–Kier alpha value is -1.34. The lowest BCUT2D eigenvalue weighted by atomic mass is 10.2. The molecule has 1 N–H and O–H groups in total. The molecule has 0 fully saturated rings. The summed E-state index contributed by atoms with van der Waals surface area (Å²) in [6.07, 6.45) is 2.39. The molecule has 20 heavy (non-hydrogen) atoms. The van der Waals surface area contributed by atoms with Crippen LogP contribution in [0.1, 0.15) is 24.7 Å². The van der Waals surface area contributed by atoms with Crippen molar-refractivity contribution >= 4 is 15.9 Å². The third kappa shape index (κ3) is 3.40. The van der Waals surface area contributed by atoms with Gasteiger partial charge in [0, 0.05) is 5.56 Å². The van der Waals surface area contributed by atoms with Crippen molar-refractivity contribution in [3.63, 3.8) is 0 Å². The standard InChI is InChI=1S/C13H15BrF2N4/c1-2-5-17-6-12-18-8-19-20(12)7-9-11(15)4-3-10(14)13(9)16/h3-4,8,17H,2,5-7H2,1H3. The van der Waals surface area contributed by atoms with E-state index >= 15 is 0 Å². The van der Waals surface area contributed by atoms with Crippen molar-refractivity contribution in [2.75, 3.05) is 6.54 Å². The minimum Gasteiger partial charge on any atom is -0.310 e. The normalized spacial score (nSPS) is 11.0. The SMILES string of the molecule is CCCNCc1ncnn1Cc1c(F)ccc(Br)c1F. The van der Waals surface area contributed by atoms with Crippen LogP contribution in [0.15, 0.2) is 22.9 Å². The van der Waals surface area contributed by atoms with Crippen LogP contribution in [0.5, 0.6) is 0 Å². The monoisotopic (exact) mass is 344 g/mol. The molecule has 108 valence electrons. The van der Waals surface area contributed by atoms with E-state index in [9.17, 15) is 8.78 Å². The van der Waals surface area contributed by atoms with E-state index in [1.54, 1.807) is 0 Å². The van der Waals surface area contributed by atoms with Gasteiger partial charge in [-0.05, 0) is 41.0 Å². The molecule has 4 nitrogen and oxygen atoms in total. The first-order valence-corrected chi connectivity index (χ1v) is 7.12. The first kappa shape index (κ1) is 15.1. The highest BCUT2D eigenvalue weighted by Gasteiger charge is 2.15. The Kier molecular flexibility index (Phi) is 5.19. The minimum absolute atomic E-state index is 0.0141. The van der Waals surface area contributed by atoms with Gasteiger partial charge in [0.15, 0.2) is 0 Å². The van der Waals surface area contributed by atoms with E-state index in [0.29, 0.717) is 12.4 Å². The fourth-order valence-electron chi connectivity index (χ4n) is 1.80. The second-order valence-corrected chi connectivity index (χ2v) is 5.19. The van der Waals surface area contributed by atoms with Crippen LogP contribution in [-0.4, -0.2) is 21.3 Å². The minimum atomic E-state index is -0.604. The van der Waals surface area contributed by atoms with Gasteiger partial charge in [-0.25, -0.2) is 18.4 Å². The van der Waals surface area contributed by atoms with Gasteiger partial charge in [0.2, 0.25) is 0 Å². The van der Waals surface area contributed by atoms with Crippen LogP contribution in [-0.2, 0) is 13.1 Å².